The largest absolute Gasteiger partial charge is 0.373 e. The molecule has 0 aliphatic rings. The molecule has 102 valence electrons. The molecule has 0 aliphatic heterocycles. The summed E-state index contributed by atoms with van der Waals surface area (Å²) in [5, 5.41) is 3.01. The van der Waals surface area contributed by atoms with Crippen LogP contribution in [0.5, 0.6) is 0 Å². The summed E-state index contributed by atoms with van der Waals surface area (Å²) in [5.74, 6) is 1.65. The number of aromatic nitrogens is 3. The number of aromatic amines is 1. The first-order chi connectivity index (χ1) is 9.80. The number of nitrogens with two attached hydrogens (primary N) is 1. The minimum Gasteiger partial charge on any atom is -0.373 e. The maximum absolute atomic E-state index is 5.56. The van der Waals surface area contributed by atoms with Gasteiger partial charge in [-0.05, 0) is 30.7 Å². The van der Waals surface area contributed by atoms with Crippen molar-refractivity contribution in [3.8, 4) is 11.4 Å². The zero-order chi connectivity index (χ0) is 13.9. The Morgan fingerprint density at radius 1 is 1.10 bits per heavy atom. The van der Waals surface area contributed by atoms with Gasteiger partial charge in [0.15, 0.2) is 5.65 Å². The van der Waals surface area contributed by atoms with Gasteiger partial charge < -0.3 is 16.0 Å². The maximum Gasteiger partial charge on any atom is 0.180 e. The monoisotopic (exact) mass is 267 g/mol. The van der Waals surface area contributed by atoms with Crippen LogP contribution in [-0.2, 0) is 6.42 Å². The third kappa shape index (κ3) is 2.35. The lowest BCUT2D eigenvalue weighted by Gasteiger charge is -2.00. The second kappa shape index (κ2) is 5.30. The van der Waals surface area contributed by atoms with E-state index in [2.05, 4.69) is 44.5 Å². The van der Waals surface area contributed by atoms with E-state index in [0.717, 1.165) is 34.8 Å². The SMILES string of the molecule is CNc1ccc2[nH]c(-c3ccc(CCN)cc3)nc2n1. The number of hydrogen-bond donors (Lipinski definition) is 3. The average molecular weight is 267 g/mol. The van der Waals surface area contributed by atoms with Crippen molar-refractivity contribution in [1.29, 1.82) is 0 Å². The van der Waals surface area contributed by atoms with Gasteiger partial charge in [0.1, 0.15) is 11.6 Å². The normalized spacial score (nSPS) is 10.9. The van der Waals surface area contributed by atoms with Crippen LogP contribution in [0.2, 0.25) is 0 Å². The van der Waals surface area contributed by atoms with Crippen LogP contribution in [0, 0.1) is 0 Å². The number of H-pyrrole nitrogens is 1. The van der Waals surface area contributed by atoms with Gasteiger partial charge in [0, 0.05) is 12.6 Å². The van der Waals surface area contributed by atoms with Crippen LogP contribution in [0.1, 0.15) is 5.56 Å². The van der Waals surface area contributed by atoms with Crippen molar-refractivity contribution < 1.29 is 0 Å². The minimum atomic E-state index is 0.667. The summed E-state index contributed by atoms with van der Waals surface area (Å²) in [4.78, 5) is 12.2. The first kappa shape index (κ1) is 12.6. The van der Waals surface area contributed by atoms with Gasteiger partial charge in [-0.2, -0.15) is 0 Å². The minimum absolute atomic E-state index is 0.667. The summed E-state index contributed by atoms with van der Waals surface area (Å²) in [7, 11) is 1.85. The molecule has 2 heterocycles. The van der Waals surface area contributed by atoms with Gasteiger partial charge in [-0.25, -0.2) is 9.97 Å². The summed E-state index contributed by atoms with van der Waals surface area (Å²) < 4.78 is 0. The molecule has 0 bridgehead atoms. The van der Waals surface area contributed by atoms with Gasteiger partial charge in [0.2, 0.25) is 0 Å². The number of nitrogens with zero attached hydrogens (tertiary/aromatic N) is 2. The average Bonchev–Trinajstić information content (AvgIpc) is 2.91. The number of anilines is 1. The Labute approximate surface area is 117 Å². The second-order valence-electron chi connectivity index (χ2n) is 4.64. The van der Waals surface area contributed by atoms with Gasteiger partial charge >= 0.3 is 0 Å². The van der Waals surface area contributed by atoms with E-state index in [0.29, 0.717) is 6.54 Å². The third-order valence-electron chi connectivity index (χ3n) is 3.26. The highest BCUT2D eigenvalue weighted by Crippen LogP contribution is 2.21. The van der Waals surface area contributed by atoms with Crippen molar-refractivity contribution in [3.63, 3.8) is 0 Å². The second-order valence-corrected chi connectivity index (χ2v) is 4.64. The van der Waals surface area contributed by atoms with E-state index in [-0.39, 0.29) is 0 Å². The van der Waals surface area contributed by atoms with E-state index in [9.17, 15) is 0 Å². The fourth-order valence-electron chi connectivity index (χ4n) is 2.16. The highest BCUT2D eigenvalue weighted by molar-refractivity contribution is 5.77. The van der Waals surface area contributed by atoms with Crippen LogP contribution >= 0.6 is 0 Å². The van der Waals surface area contributed by atoms with E-state index in [4.69, 9.17) is 5.73 Å². The predicted molar refractivity (Wildman–Crippen MR) is 81.6 cm³/mol. The molecule has 0 amide bonds. The number of benzene rings is 1. The summed E-state index contributed by atoms with van der Waals surface area (Å²) in [6.45, 7) is 0.667. The highest BCUT2D eigenvalue weighted by Gasteiger charge is 2.06. The topological polar surface area (TPSA) is 79.6 Å². The Kier molecular flexibility index (Phi) is 3.35. The standard InChI is InChI=1S/C15H17N5/c1-17-13-7-6-12-15(19-13)20-14(18-12)11-4-2-10(3-5-11)8-9-16/h2-7H,8-9,16H2,1H3,(H2,17,18,19,20). The fraction of sp³-hybridized carbons (Fsp3) is 0.200. The molecule has 0 atom stereocenters. The Balaban J connectivity index is 1.96. The van der Waals surface area contributed by atoms with Crippen LogP contribution in [0.4, 0.5) is 5.82 Å². The van der Waals surface area contributed by atoms with Gasteiger partial charge in [-0.15, -0.1) is 0 Å². The van der Waals surface area contributed by atoms with E-state index >= 15 is 0 Å². The fourth-order valence-corrected chi connectivity index (χ4v) is 2.16. The van der Waals surface area contributed by atoms with Crippen LogP contribution in [0.3, 0.4) is 0 Å². The molecular formula is C15H17N5. The van der Waals surface area contributed by atoms with Crippen LogP contribution in [0.15, 0.2) is 36.4 Å². The summed E-state index contributed by atoms with van der Waals surface area (Å²) in [5.41, 5.74) is 9.50. The van der Waals surface area contributed by atoms with Crippen LogP contribution in [0.25, 0.3) is 22.6 Å². The highest BCUT2D eigenvalue weighted by atomic mass is 15.0. The molecule has 0 radical (unpaired) electrons. The Morgan fingerprint density at radius 3 is 2.60 bits per heavy atom. The molecule has 5 heteroatoms. The van der Waals surface area contributed by atoms with Gasteiger partial charge in [-0.3, -0.25) is 0 Å². The maximum atomic E-state index is 5.56. The zero-order valence-electron chi connectivity index (χ0n) is 11.4. The molecule has 0 spiro atoms. The smallest absolute Gasteiger partial charge is 0.180 e. The lowest BCUT2D eigenvalue weighted by atomic mass is 10.1. The lowest BCUT2D eigenvalue weighted by Crippen LogP contribution is -2.02. The first-order valence-electron chi connectivity index (χ1n) is 6.64. The van der Waals surface area contributed by atoms with Crippen molar-refractivity contribution in [3.05, 3.63) is 42.0 Å². The number of imidazole rings is 1. The molecule has 0 fully saturated rings. The molecule has 5 nitrogen and oxygen atoms in total. The van der Waals surface area contributed by atoms with Crippen molar-refractivity contribution in [2.24, 2.45) is 5.73 Å². The lowest BCUT2D eigenvalue weighted by molar-refractivity contribution is 0.969. The summed E-state index contributed by atoms with van der Waals surface area (Å²) >= 11 is 0. The Morgan fingerprint density at radius 2 is 1.90 bits per heavy atom. The summed E-state index contributed by atoms with van der Waals surface area (Å²) in [6.07, 6.45) is 0.896. The number of pyridine rings is 1. The molecule has 3 aromatic rings. The number of hydrogen-bond acceptors (Lipinski definition) is 4. The molecule has 4 N–H and O–H groups in total. The van der Waals surface area contributed by atoms with E-state index < -0.39 is 0 Å². The molecule has 20 heavy (non-hydrogen) atoms. The third-order valence-corrected chi connectivity index (χ3v) is 3.26. The molecule has 0 saturated heterocycles. The number of nitrogens with one attached hydrogen (secondary N) is 2. The van der Waals surface area contributed by atoms with Crippen LogP contribution in [-0.4, -0.2) is 28.5 Å². The van der Waals surface area contributed by atoms with E-state index in [1.165, 1.54) is 5.56 Å². The van der Waals surface area contributed by atoms with Crippen molar-refractivity contribution >= 4 is 17.0 Å². The van der Waals surface area contributed by atoms with Gasteiger partial charge in [0.05, 0.1) is 5.52 Å². The number of rotatable bonds is 4. The molecule has 0 unspecified atom stereocenters. The molecule has 2 aromatic heterocycles. The number of fused-ring (bicyclic) bond motifs is 1. The van der Waals surface area contributed by atoms with E-state index in [1.54, 1.807) is 0 Å². The molecule has 0 aliphatic carbocycles. The Hall–Kier alpha value is -2.40. The molecular weight excluding hydrogens is 250 g/mol. The van der Waals surface area contributed by atoms with Gasteiger partial charge in [0.25, 0.3) is 0 Å². The molecule has 3 rings (SSSR count). The Bertz CT molecular complexity index is 715. The first-order valence-corrected chi connectivity index (χ1v) is 6.64. The van der Waals surface area contributed by atoms with Crippen molar-refractivity contribution in [2.45, 2.75) is 6.42 Å². The van der Waals surface area contributed by atoms with Crippen molar-refractivity contribution in [2.75, 3.05) is 18.9 Å². The quantitative estimate of drug-likeness (QED) is 0.677. The van der Waals surface area contributed by atoms with E-state index in [1.807, 2.05) is 19.2 Å². The van der Waals surface area contributed by atoms with Crippen LogP contribution < -0.4 is 11.1 Å². The zero-order valence-corrected chi connectivity index (χ0v) is 11.4. The van der Waals surface area contributed by atoms with Gasteiger partial charge in [-0.1, -0.05) is 24.3 Å². The molecule has 1 aromatic carbocycles. The predicted octanol–water partition coefficient (Wildman–Crippen LogP) is 2.17. The summed E-state index contributed by atoms with van der Waals surface area (Å²) in [6, 6.07) is 12.2. The molecule has 0 saturated carbocycles. The van der Waals surface area contributed by atoms with Crippen molar-refractivity contribution in [1.82, 2.24) is 15.0 Å².